The highest BCUT2D eigenvalue weighted by Crippen LogP contribution is 2.47. The standard InChI is InChI=1S/C4H6Cl3O3P/c5-1-3(7)4(2-6)11(8,9)10/h1-2H2,(H2,8,9,10). The molecule has 11 heavy (non-hydrogen) atoms. The summed E-state index contributed by atoms with van der Waals surface area (Å²) in [5.74, 6) is -0.454. The minimum absolute atomic E-state index is 0.0880. The Balaban J connectivity index is 4.82. The first-order valence-electron chi connectivity index (χ1n) is 2.49. The molecule has 2 N–H and O–H groups in total. The highest BCUT2D eigenvalue weighted by atomic mass is 35.5. The van der Waals surface area contributed by atoms with Crippen LogP contribution in [-0.4, -0.2) is 21.5 Å². The van der Waals surface area contributed by atoms with Gasteiger partial charge in [-0.3, -0.25) is 4.57 Å². The van der Waals surface area contributed by atoms with E-state index in [-0.39, 0.29) is 22.1 Å². The van der Waals surface area contributed by atoms with Gasteiger partial charge < -0.3 is 9.79 Å². The van der Waals surface area contributed by atoms with Gasteiger partial charge in [0.2, 0.25) is 0 Å². The van der Waals surface area contributed by atoms with Gasteiger partial charge in [-0.15, -0.1) is 23.2 Å². The van der Waals surface area contributed by atoms with Crippen molar-refractivity contribution in [3.63, 3.8) is 0 Å². The molecule has 0 radical (unpaired) electrons. The summed E-state index contributed by atoms with van der Waals surface area (Å²) in [5.41, 5.74) is 0. The number of allylic oxidation sites excluding steroid dienone is 2. The molecule has 0 saturated heterocycles. The average molecular weight is 239 g/mol. The normalized spacial score (nSPS) is 14.6. The van der Waals surface area contributed by atoms with E-state index in [0.29, 0.717) is 0 Å². The molecule has 0 unspecified atom stereocenters. The maximum atomic E-state index is 10.6. The van der Waals surface area contributed by atoms with E-state index in [9.17, 15) is 4.57 Å². The summed E-state index contributed by atoms with van der Waals surface area (Å²) in [6.07, 6.45) is 0. The quantitative estimate of drug-likeness (QED) is 0.586. The van der Waals surface area contributed by atoms with E-state index in [4.69, 9.17) is 44.6 Å². The molecule has 3 nitrogen and oxygen atoms in total. The number of alkyl halides is 2. The maximum Gasteiger partial charge on any atom is 0.354 e. The second-order valence-corrected chi connectivity index (χ2v) is 4.28. The Bertz CT molecular complexity index is 209. The third-order valence-corrected chi connectivity index (χ3v) is 3.39. The molecule has 66 valence electrons. The molecule has 0 saturated carbocycles. The Morgan fingerprint density at radius 1 is 1.27 bits per heavy atom. The molecular weight excluding hydrogens is 233 g/mol. The van der Waals surface area contributed by atoms with Crippen molar-refractivity contribution in [2.45, 2.75) is 0 Å². The van der Waals surface area contributed by atoms with E-state index < -0.39 is 7.60 Å². The fraction of sp³-hybridized carbons (Fsp3) is 0.500. The van der Waals surface area contributed by atoms with E-state index in [1.54, 1.807) is 0 Å². The maximum absolute atomic E-state index is 10.6. The lowest BCUT2D eigenvalue weighted by atomic mass is 10.6. The van der Waals surface area contributed by atoms with Crippen molar-refractivity contribution < 1.29 is 14.4 Å². The van der Waals surface area contributed by atoms with E-state index >= 15 is 0 Å². The molecular formula is C4H6Cl3O3P. The topological polar surface area (TPSA) is 57.5 Å². The Labute approximate surface area is 79.1 Å². The van der Waals surface area contributed by atoms with Crippen LogP contribution in [0.25, 0.3) is 0 Å². The zero-order valence-electron chi connectivity index (χ0n) is 5.30. The third kappa shape index (κ3) is 3.79. The molecule has 0 amide bonds. The first-order valence-corrected chi connectivity index (χ1v) is 5.55. The van der Waals surface area contributed by atoms with Gasteiger partial charge in [-0.05, 0) is 0 Å². The highest BCUT2D eigenvalue weighted by molar-refractivity contribution is 7.56. The van der Waals surface area contributed by atoms with Crippen LogP contribution in [0.3, 0.4) is 0 Å². The largest absolute Gasteiger partial charge is 0.354 e. The van der Waals surface area contributed by atoms with Crippen LogP contribution in [0.1, 0.15) is 0 Å². The zero-order chi connectivity index (χ0) is 9.07. The van der Waals surface area contributed by atoms with Gasteiger partial charge in [0.05, 0.1) is 17.1 Å². The molecule has 0 fully saturated rings. The van der Waals surface area contributed by atoms with Crippen molar-refractivity contribution in [3.8, 4) is 0 Å². The lowest BCUT2D eigenvalue weighted by Gasteiger charge is -2.06. The molecule has 0 aliphatic heterocycles. The molecule has 0 aromatic carbocycles. The summed E-state index contributed by atoms with van der Waals surface area (Å²) in [6.45, 7) is 0. The van der Waals surface area contributed by atoms with Gasteiger partial charge in [0, 0.05) is 5.03 Å². The molecule has 7 heteroatoms. The predicted octanol–water partition coefficient (Wildman–Crippen LogP) is 2.09. The smallest absolute Gasteiger partial charge is 0.321 e. The van der Waals surface area contributed by atoms with Crippen molar-refractivity contribution in [1.29, 1.82) is 0 Å². The average Bonchev–Trinajstić information content (AvgIpc) is 1.86. The van der Waals surface area contributed by atoms with Gasteiger partial charge in [-0.2, -0.15) is 0 Å². The Morgan fingerprint density at radius 2 is 1.73 bits per heavy atom. The monoisotopic (exact) mass is 238 g/mol. The number of hydrogen-bond donors (Lipinski definition) is 2. The molecule has 0 spiro atoms. The number of halogens is 3. The first-order chi connectivity index (χ1) is 4.93. The van der Waals surface area contributed by atoms with Gasteiger partial charge >= 0.3 is 7.60 Å². The molecule has 0 aliphatic carbocycles. The van der Waals surface area contributed by atoms with Crippen LogP contribution in [-0.2, 0) is 4.57 Å². The molecule has 0 aromatic heterocycles. The van der Waals surface area contributed by atoms with Crippen LogP contribution in [0.5, 0.6) is 0 Å². The van der Waals surface area contributed by atoms with Crippen LogP contribution in [0, 0.1) is 0 Å². The van der Waals surface area contributed by atoms with Gasteiger partial charge in [-0.25, -0.2) is 0 Å². The van der Waals surface area contributed by atoms with Crippen molar-refractivity contribution in [2.75, 3.05) is 11.8 Å². The summed E-state index contributed by atoms with van der Waals surface area (Å²) >= 11 is 15.9. The van der Waals surface area contributed by atoms with Crippen molar-refractivity contribution >= 4 is 42.4 Å². The van der Waals surface area contributed by atoms with E-state index in [1.807, 2.05) is 0 Å². The van der Waals surface area contributed by atoms with Crippen LogP contribution in [0.15, 0.2) is 10.3 Å². The van der Waals surface area contributed by atoms with Crippen molar-refractivity contribution in [2.24, 2.45) is 0 Å². The number of rotatable bonds is 3. The second-order valence-electron chi connectivity index (χ2n) is 1.66. The van der Waals surface area contributed by atoms with Gasteiger partial charge in [0.1, 0.15) is 0 Å². The van der Waals surface area contributed by atoms with Crippen molar-refractivity contribution in [1.82, 2.24) is 0 Å². The summed E-state index contributed by atoms with van der Waals surface area (Å²) < 4.78 is 10.6. The summed E-state index contributed by atoms with van der Waals surface area (Å²) in [4.78, 5) is 17.2. The Morgan fingerprint density at radius 3 is 1.82 bits per heavy atom. The zero-order valence-corrected chi connectivity index (χ0v) is 8.46. The third-order valence-electron chi connectivity index (χ3n) is 0.909. The van der Waals surface area contributed by atoms with E-state index in [2.05, 4.69) is 0 Å². The highest BCUT2D eigenvalue weighted by Gasteiger charge is 2.22. The van der Waals surface area contributed by atoms with Gasteiger partial charge in [0.15, 0.2) is 0 Å². The SMILES string of the molecule is O=P(O)(O)C(CCl)=C(Cl)CCl. The van der Waals surface area contributed by atoms with Crippen LogP contribution in [0.2, 0.25) is 0 Å². The molecule has 0 aliphatic rings. The first kappa shape index (κ1) is 11.8. The van der Waals surface area contributed by atoms with E-state index in [0.717, 1.165) is 0 Å². The van der Waals surface area contributed by atoms with Crippen LogP contribution >= 0.6 is 42.4 Å². The summed E-state index contributed by atoms with van der Waals surface area (Å²) in [7, 11) is -4.32. The minimum atomic E-state index is -4.32. The van der Waals surface area contributed by atoms with Crippen LogP contribution < -0.4 is 0 Å². The summed E-state index contributed by atoms with van der Waals surface area (Å²) in [6, 6.07) is 0. The predicted molar refractivity (Wildman–Crippen MR) is 46.4 cm³/mol. The van der Waals surface area contributed by atoms with Gasteiger partial charge in [-0.1, -0.05) is 11.6 Å². The van der Waals surface area contributed by atoms with Crippen LogP contribution in [0.4, 0.5) is 0 Å². The van der Waals surface area contributed by atoms with E-state index in [1.165, 1.54) is 0 Å². The molecule has 0 rings (SSSR count). The lowest BCUT2D eigenvalue weighted by molar-refractivity contribution is 0.382. The number of hydrogen-bond acceptors (Lipinski definition) is 1. The van der Waals surface area contributed by atoms with Crippen molar-refractivity contribution in [3.05, 3.63) is 10.3 Å². The molecule has 0 atom stereocenters. The molecule has 0 heterocycles. The lowest BCUT2D eigenvalue weighted by Crippen LogP contribution is -1.92. The molecule has 0 aromatic rings. The fourth-order valence-electron chi connectivity index (χ4n) is 0.386. The Kier molecular flexibility index (Phi) is 5.03. The molecule has 0 bridgehead atoms. The fourth-order valence-corrected chi connectivity index (χ4v) is 2.28. The minimum Gasteiger partial charge on any atom is -0.321 e. The van der Waals surface area contributed by atoms with Gasteiger partial charge in [0.25, 0.3) is 0 Å². The summed E-state index contributed by atoms with van der Waals surface area (Å²) in [5, 5.41) is -0.397. The second kappa shape index (κ2) is 4.70. The Hall–Kier alpha value is 0.760.